The van der Waals surface area contributed by atoms with Crippen molar-refractivity contribution in [3.8, 4) is 22.6 Å². The molecule has 25 heavy (non-hydrogen) atoms. The van der Waals surface area contributed by atoms with Gasteiger partial charge in [-0.2, -0.15) is 0 Å². The molecule has 4 heteroatoms. The van der Waals surface area contributed by atoms with Gasteiger partial charge in [0.2, 0.25) is 5.91 Å². The summed E-state index contributed by atoms with van der Waals surface area (Å²) in [6.45, 7) is 6.16. The van der Waals surface area contributed by atoms with Crippen LogP contribution in [0.25, 0.3) is 11.1 Å². The van der Waals surface area contributed by atoms with E-state index in [-0.39, 0.29) is 5.91 Å². The molecule has 2 aromatic rings. The molecule has 1 amide bonds. The van der Waals surface area contributed by atoms with Gasteiger partial charge in [-0.25, -0.2) is 0 Å². The van der Waals surface area contributed by atoms with Crippen LogP contribution in [0.3, 0.4) is 0 Å². The Kier molecular flexibility index (Phi) is 5.27. The highest BCUT2D eigenvalue weighted by Gasteiger charge is 2.19. The Hall–Kier alpha value is -2.49. The van der Waals surface area contributed by atoms with E-state index in [0.717, 1.165) is 30.0 Å². The van der Waals surface area contributed by atoms with Crippen molar-refractivity contribution in [3.63, 3.8) is 0 Å². The Morgan fingerprint density at radius 1 is 1.08 bits per heavy atom. The molecule has 0 bridgehead atoms. The van der Waals surface area contributed by atoms with Gasteiger partial charge >= 0.3 is 0 Å². The molecule has 0 spiro atoms. The number of nitrogens with zero attached hydrogens (tertiary/aromatic N) is 1. The van der Waals surface area contributed by atoms with Crippen LogP contribution in [0.4, 0.5) is 0 Å². The number of aryl methyl sites for hydroxylation is 2. The van der Waals surface area contributed by atoms with Gasteiger partial charge in [0.05, 0.1) is 13.7 Å². The van der Waals surface area contributed by atoms with Crippen LogP contribution >= 0.6 is 0 Å². The second-order valence-corrected chi connectivity index (χ2v) is 6.55. The molecule has 0 radical (unpaired) electrons. The molecule has 1 aliphatic rings. The number of amides is 1. The van der Waals surface area contributed by atoms with Gasteiger partial charge in [0, 0.05) is 19.0 Å². The van der Waals surface area contributed by atoms with Crippen LogP contribution in [0.1, 0.15) is 24.0 Å². The lowest BCUT2D eigenvalue weighted by atomic mass is 9.98. The number of carbonyl (C=O) groups excluding carboxylic acids is 1. The molecule has 3 rings (SSSR count). The van der Waals surface area contributed by atoms with Gasteiger partial charge in [-0.15, -0.1) is 0 Å². The van der Waals surface area contributed by atoms with E-state index in [1.165, 1.54) is 16.7 Å². The third-order valence-corrected chi connectivity index (χ3v) is 4.62. The maximum atomic E-state index is 11.7. The topological polar surface area (TPSA) is 38.8 Å². The minimum atomic E-state index is 0.227. The minimum absolute atomic E-state index is 0.227. The molecule has 4 nitrogen and oxygen atoms in total. The smallest absolute Gasteiger partial charge is 0.222 e. The first-order valence-corrected chi connectivity index (χ1v) is 8.74. The summed E-state index contributed by atoms with van der Waals surface area (Å²) in [5, 5.41) is 0. The van der Waals surface area contributed by atoms with Crippen molar-refractivity contribution in [2.75, 3.05) is 26.8 Å². The average Bonchev–Trinajstić information content (AvgIpc) is 3.02. The molecule has 0 aromatic heterocycles. The zero-order valence-corrected chi connectivity index (χ0v) is 15.2. The van der Waals surface area contributed by atoms with Crippen LogP contribution in [0.5, 0.6) is 11.5 Å². The van der Waals surface area contributed by atoms with Crippen LogP contribution in [-0.2, 0) is 4.79 Å². The normalized spacial score (nSPS) is 14.0. The summed E-state index contributed by atoms with van der Waals surface area (Å²) >= 11 is 0. The van der Waals surface area contributed by atoms with Crippen molar-refractivity contribution in [3.05, 3.63) is 47.5 Å². The molecule has 1 aliphatic heterocycles. The minimum Gasteiger partial charge on any atom is -0.497 e. The Balaban J connectivity index is 1.78. The summed E-state index contributed by atoms with van der Waals surface area (Å²) in [6, 6.07) is 12.4. The molecule has 0 atom stereocenters. The van der Waals surface area contributed by atoms with Crippen LogP contribution in [0.15, 0.2) is 36.4 Å². The zero-order chi connectivity index (χ0) is 17.8. The molecular weight excluding hydrogens is 314 g/mol. The molecular formula is C21H25NO3. The van der Waals surface area contributed by atoms with E-state index in [1.807, 2.05) is 23.1 Å². The monoisotopic (exact) mass is 339 g/mol. The fraction of sp³-hybridized carbons (Fsp3) is 0.381. The number of rotatable bonds is 6. The van der Waals surface area contributed by atoms with Crippen molar-refractivity contribution in [1.29, 1.82) is 0 Å². The van der Waals surface area contributed by atoms with Crippen molar-refractivity contribution < 1.29 is 14.3 Å². The van der Waals surface area contributed by atoms with Crippen LogP contribution in [0.2, 0.25) is 0 Å². The number of hydrogen-bond donors (Lipinski definition) is 0. The van der Waals surface area contributed by atoms with E-state index < -0.39 is 0 Å². The molecule has 2 aromatic carbocycles. The van der Waals surface area contributed by atoms with E-state index in [0.29, 0.717) is 19.6 Å². The number of likely N-dealkylation sites (tertiary alicyclic amines) is 1. The van der Waals surface area contributed by atoms with E-state index >= 15 is 0 Å². The fourth-order valence-corrected chi connectivity index (χ4v) is 3.19. The van der Waals surface area contributed by atoms with Gasteiger partial charge < -0.3 is 14.4 Å². The van der Waals surface area contributed by atoms with Crippen LogP contribution < -0.4 is 9.47 Å². The van der Waals surface area contributed by atoms with Gasteiger partial charge in [0.15, 0.2) is 0 Å². The Bertz CT molecular complexity index is 770. The molecule has 0 N–H and O–H groups in total. The summed E-state index contributed by atoms with van der Waals surface area (Å²) in [5.74, 6) is 1.76. The van der Waals surface area contributed by atoms with Crippen LogP contribution in [-0.4, -0.2) is 37.6 Å². The number of methoxy groups -OCH3 is 1. The summed E-state index contributed by atoms with van der Waals surface area (Å²) in [6.07, 6.45) is 1.62. The van der Waals surface area contributed by atoms with Crippen molar-refractivity contribution in [1.82, 2.24) is 4.90 Å². The lowest BCUT2D eigenvalue weighted by Crippen LogP contribution is -2.29. The van der Waals surface area contributed by atoms with Crippen LogP contribution in [0, 0.1) is 13.8 Å². The number of carbonyl (C=O) groups is 1. The largest absolute Gasteiger partial charge is 0.497 e. The lowest BCUT2D eigenvalue weighted by Gasteiger charge is -2.17. The highest BCUT2D eigenvalue weighted by atomic mass is 16.5. The summed E-state index contributed by atoms with van der Waals surface area (Å²) < 4.78 is 11.4. The van der Waals surface area contributed by atoms with E-state index in [1.54, 1.807) is 7.11 Å². The highest BCUT2D eigenvalue weighted by Crippen LogP contribution is 2.32. The maximum absolute atomic E-state index is 11.7. The molecule has 1 heterocycles. The quantitative estimate of drug-likeness (QED) is 0.799. The average molecular weight is 339 g/mol. The van der Waals surface area contributed by atoms with Gasteiger partial charge in [0.25, 0.3) is 0 Å². The first-order chi connectivity index (χ1) is 12.1. The standard InChI is InChI=1S/C21H25NO3/c1-15-6-7-16(2)20(11-15)17-12-18(24-3)14-19(13-17)25-10-9-22-8-4-5-21(22)23/h6-7,11-14H,4-5,8-10H2,1-3H3. The second kappa shape index (κ2) is 7.60. The van der Waals surface area contributed by atoms with E-state index in [2.05, 4.69) is 32.0 Å². The summed E-state index contributed by atoms with van der Waals surface area (Å²) in [7, 11) is 1.66. The summed E-state index contributed by atoms with van der Waals surface area (Å²) in [4.78, 5) is 13.5. The molecule has 0 unspecified atom stereocenters. The third-order valence-electron chi connectivity index (χ3n) is 4.62. The maximum Gasteiger partial charge on any atom is 0.222 e. The molecule has 1 fully saturated rings. The highest BCUT2D eigenvalue weighted by molar-refractivity contribution is 5.78. The predicted octanol–water partition coefficient (Wildman–Crippen LogP) is 3.98. The summed E-state index contributed by atoms with van der Waals surface area (Å²) in [5.41, 5.74) is 4.69. The molecule has 0 saturated carbocycles. The van der Waals surface area contributed by atoms with Gasteiger partial charge in [0.1, 0.15) is 18.1 Å². The predicted molar refractivity (Wildman–Crippen MR) is 99.2 cm³/mol. The SMILES string of the molecule is COc1cc(OCCN2CCCC2=O)cc(-c2cc(C)ccc2C)c1. The van der Waals surface area contributed by atoms with Gasteiger partial charge in [-0.3, -0.25) is 4.79 Å². The molecule has 0 aliphatic carbocycles. The third kappa shape index (κ3) is 4.13. The number of ether oxygens (including phenoxy) is 2. The van der Waals surface area contributed by atoms with Gasteiger partial charge in [-0.05, 0) is 49.1 Å². The van der Waals surface area contributed by atoms with Gasteiger partial charge in [-0.1, -0.05) is 23.8 Å². The fourth-order valence-electron chi connectivity index (χ4n) is 3.19. The second-order valence-electron chi connectivity index (χ2n) is 6.55. The van der Waals surface area contributed by atoms with Crippen molar-refractivity contribution in [2.24, 2.45) is 0 Å². The Labute approximate surface area is 149 Å². The molecule has 132 valence electrons. The zero-order valence-electron chi connectivity index (χ0n) is 15.2. The van der Waals surface area contributed by atoms with Crippen molar-refractivity contribution >= 4 is 5.91 Å². The first-order valence-electron chi connectivity index (χ1n) is 8.74. The number of benzene rings is 2. The van der Waals surface area contributed by atoms with E-state index in [4.69, 9.17) is 9.47 Å². The lowest BCUT2D eigenvalue weighted by molar-refractivity contribution is -0.128. The first kappa shape index (κ1) is 17.3. The van der Waals surface area contributed by atoms with E-state index in [9.17, 15) is 4.79 Å². The Morgan fingerprint density at radius 2 is 1.88 bits per heavy atom. The Morgan fingerprint density at radius 3 is 2.60 bits per heavy atom. The molecule has 1 saturated heterocycles. The van der Waals surface area contributed by atoms with Crippen molar-refractivity contribution in [2.45, 2.75) is 26.7 Å². The number of hydrogen-bond acceptors (Lipinski definition) is 3.